The van der Waals surface area contributed by atoms with Gasteiger partial charge in [0.1, 0.15) is 0 Å². The van der Waals surface area contributed by atoms with E-state index in [2.05, 4.69) is 0 Å². The molecule has 0 unspecified atom stereocenters. The summed E-state index contributed by atoms with van der Waals surface area (Å²) in [4.78, 5) is 0. The molecule has 0 atom stereocenters. The zero-order chi connectivity index (χ0) is 10.9. The van der Waals surface area contributed by atoms with Crippen LogP contribution in [0.2, 0.25) is 0 Å². The third-order valence-corrected chi connectivity index (χ3v) is 7.09. The quantitative estimate of drug-likeness (QED) is 0.595. The molecule has 0 fully saturated rings. The number of hydrogen-bond acceptors (Lipinski definition) is 6. The van der Waals surface area contributed by atoms with Crippen LogP contribution in [0.3, 0.4) is 0 Å². The lowest BCUT2D eigenvalue weighted by atomic mass is 11.8. The maximum atomic E-state index is 10.9. The molecule has 0 radical (unpaired) electrons. The van der Waals surface area contributed by atoms with E-state index in [1.165, 1.54) is 0 Å². The Bertz CT molecular complexity index is 424. The van der Waals surface area contributed by atoms with Crippen molar-refractivity contribution in [3.05, 3.63) is 0 Å². The highest BCUT2D eigenvalue weighted by atomic mass is 32.3. The lowest BCUT2D eigenvalue weighted by Crippen LogP contribution is -2.22. The van der Waals surface area contributed by atoms with E-state index in [-0.39, 0.29) is 0 Å². The van der Waals surface area contributed by atoms with Crippen molar-refractivity contribution >= 4 is 29.5 Å². The zero-order valence-corrected chi connectivity index (χ0v) is 9.54. The van der Waals surface area contributed by atoms with Crippen LogP contribution in [0.4, 0.5) is 0 Å². The van der Waals surface area contributed by atoms with Crippen molar-refractivity contribution in [2.45, 2.75) is 0 Å². The fourth-order valence-electron chi connectivity index (χ4n) is 0.686. The summed E-state index contributed by atoms with van der Waals surface area (Å²) in [5.74, 6) is 0. The van der Waals surface area contributed by atoms with Crippen LogP contribution >= 0.6 is 0 Å². The highest BCUT2D eigenvalue weighted by Gasteiger charge is 2.23. The van der Waals surface area contributed by atoms with Gasteiger partial charge >= 0.3 is 0 Å². The molecule has 0 amide bonds. The van der Waals surface area contributed by atoms with Crippen LogP contribution in [0.5, 0.6) is 0 Å². The van der Waals surface area contributed by atoms with Gasteiger partial charge in [-0.05, 0) is 0 Å². The SMILES string of the molecule is CS(=O)(=O)CS(=O)(=O)CS(C)(=O)=O. The molecular weight excluding hydrogens is 240 g/mol. The van der Waals surface area contributed by atoms with E-state index >= 15 is 0 Å². The molecule has 9 heteroatoms. The van der Waals surface area contributed by atoms with Gasteiger partial charge in [-0.3, -0.25) is 0 Å². The average molecular weight is 250 g/mol. The predicted molar refractivity (Wildman–Crippen MR) is 48.3 cm³/mol. The van der Waals surface area contributed by atoms with Crippen LogP contribution < -0.4 is 0 Å². The number of hydrogen-bond donors (Lipinski definition) is 0. The van der Waals surface area contributed by atoms with Gasteiger partial charge in [0.05, 0.1) is 0 Å². The molecule has 13 heavy (non-hydrogen) atoms. The van der Waals surface area contributed by atoms with Gasteiger partial charge < -0.3 is 0 Å². The molecule has 0 saturated carbocycles. The summed E-state index contributed by atoms with van der Waals surface area (Å²) in [5.41, 5.74) is 0. The lowest BCUT2D eigenvalue weighted by Gasteiger charge is -1.99. The van der Waals surface area contributed by atoms with Crippen molar-refractivity contribution < 1.29 is 25.3 Å². The molecular formula is C4H10O6S3. The Morgan fingerprint density at radius 2 is 0.923 bits per heavy atom. The molecule has 0 aromatic carbocycles. The molecule has 0 aliphatic heterocycles. The second kappa shape index (κ2) is 3.54. The first-order valence-electron chi connectivity index (χ1n) is 2.97. The van der Waals surface area contributed by atoms with Crippen molar-refractivity contribution in [1.29, 1.82) is 0 Å². The van der Waals surface area contributed by atoms with E-state index in [4.69, 9.17) is 0 Å². The Labute approximate surface area is 77.7 Å². The van der Waals surface area contributed by atoms with Crippen LogP contribution in [-0.2, 0) is 29.5 Å². The molecule has 0 aromatic rings. The van der Waals surface area contributed by atoms with Crippen molar-refractivity contribution in [2.24, 2.45) is 0 Å². The second-order valence-electron chi connectivity index (χ2n) is 2.83. The molecule has 0 aliphatic rings. The van der Waals surface area contributed by atoms with Crippen LogP contribution in [0.1, 0.15) is 0 Å². The minimum absolute atomic E-state index is 0.729. The molecule has 80 valence electrons. The smallest absolute Gasteiger partial charge is 0.178 e. The topological polar surface area (TPSA) is 102 Å². The first-order chi connectivity index (χ1) is 5.41. The van der Waals surface area contributed by atoms with Crippen LogP contribution in [-0.4, -0.2) is 47.9 Å². The Hall–Kier alpha value is -0.150. The molecule has 0 spiro atoms. The van der Waals surface area contributed by atoms with E-state index in [1.807, 2.05) is 0 Å². The fraction of sp³-hybridized carbons (Fsp3) is 1.00. The Morgan fingerprint density at radius 1 is 0.692 bits per heavy atom. The van der Waals surface area contributed by atoms with Gasteiger partial charge in [0.15, 0.2) is 39.7 Å². The van der Waals surface area contributed by atoms with Gasteiger partial charge in [-0.2, -0.15) is 0 Å². The first-order valence-corrected chi connectivity index (χ1v) is 8.91. The maximum Gasteiger partial charge on any atom is 0.178 e. The van der Waals surface area contributed by atoms with Crippen LogP contribution in [0.15, 0.2) is 0 Å². The van der Waals surface area contributed by atoms with E-state index in [0.29, 0.717) is 0 Å². The summed E-state index contributed by atoms with van der Waals surface area (Å²) in [7, 11) is -11.5. The molecule has 0 bridgehead atoms. The van der Waals surface area contributed by atoms with Crippen molar-refractivity contribution in [1.82, 2.24) is 0 Å². The van der Waals surface area contributed by atoms with E-state index in [9.17, 15) is 25.3 Å². The van der Waals surface area contributed by atoms with Crippen molar-refractivity contribution in [2.75, 3.05) is 22.7 Å². The van der Waals surface area contributed by atoms with Gasteiger partial charge in [-0.25, -0.2) is 25.3 Å². The summed E-state index contributed by atoms with van der Waals surface area (Å²) in [6, 6.07) is 0. The molecule has 0 rings (SSSR count). The third-order valence-electron chi connectivity index (χ3n) is 0.787. The van der Waals surface area contributed by atoms with Crippen LogP contribution in [0.25, 0.3) is 0 Å². The Kier molecular flexibility index (Phi) is 3.50. The second-order valence-corrected chi connectivity index (χ2v) is 9.91. The van der Waals surface area contributed by atoms with Crippen molar-refractivity contribution in [3.63, 3.8) is 0 Å². The molecule has 0 saturated heterocycles. The molecule has 0 N–H and O–H groups in total. The van der Waals surface area contributed by atoms with Gasteiger partial charge in [0.25, 0.3) is 0 Å². The summed E-state index contributed by atoms with van der Waals surface area (Å²) in [6.45, 7) is 0. The van der Waals surface area contributed by atoms with Gasteiger partial charge in [0, 0.05) is 12.5 Å². The first kappa shape index (κ1) is 12.8. The monoisotopic (exact) mass is 250 g/mol. The van der Waals surface area contributed by atoms with Crippen LogP contribution in [0, 0.1) is 0 Å². The average Bonchev–Trinajstić information content (AvgIpc) is 1.43. The minimum atomic E-state index is -4.07. The molecule has 6 nitrogen and oxygen atoms in total. The number of rotatable bonds is 4. The summed E-state index contributed by atoms with van der Waals surface area (Å²) >= 11 is 0. The van der Waals surface area contributed by atoms with Gasteiger partial charge in [0.2, 0.25) is 0 Å². The lowest BCUT2D eigenvalue weighted by molar-refractivity contribution is 0.590. The standard InChI is InChI=1S/C4H10O6S3/c1-11(5,6)3-13(9,10)4-12(2,7)8/h3-4H2,1-2H3. The Morgan fingerprint density at radius 3 is 1.08 bits per heavy atom. The maximum absolute atomic E-state index is 10.9. The molecule has 0 aliphatic carbocycles. The zero-order valence-electron chi connectivity index (χ0n) is 7.09. The number of sulfone groups is 3. The highest BCUT2D eigenvalue weighted by molar-refractivity contribution is 8.14. The summed E-state index contributed by atoms with van der Waals surface area (Å²) in [6.07, 6.45) is 1.46. The predicted octanol–water partition coefficient (Wildman–Crippen LogP) is -1.59. The summed E-state index contributed by atoms with van der Waals surface area (Å²) in [5, 5.41) is -2.26. The Balaban J connectivity index is 4.86. The normalized spacial score (nSPS) is 14.3. The highest BCUT2D eigenvalue weighted by Crippen LogP contribution is 1.99. The van der Waals surface area contributed by atoms with Gasteiger partial charge in [-0.1, -0.05) is 0 Å². The van der Waals surface area contributed by atoms with E-state index in [1.54, 1.807) is 0 Å². The largest absolute Gasteiger partial charge is 0.228 e. The molecule has 0 aromatic heterocycles. The molecule has 0 heterocycles. The van der Waals surface area contributed by atoms with E-state index in [0.717, 1.165) is 12.5 Å². The van der Waals surface area contributed by atoms with E-state index < -0.39 is 39.7 Å². The fourth-order valence-corrected chi connectivity index (χ4v) is 6.79. The minimum Gasteiger partial charge on any atom is -0.228 e. The summed E-state index contributed by atoms with van der Waals surface area (Å²) < 4.78 is 64.0. The van der Waals surface area contributed by atoms with Gasteiger partial charge in [-0.15, -0.1) is 0 Å². The van der Waals surface area contributed by atoms with Crippen molar-refractivity contribution in [3.8, 4) is 0 Å². The third kappa shape index (κ3) is 8.19.